The molecule has 0 saturated carbocycles. The van der Waals surface area contributed by atoms with Crippen molar-refractivity contribution in [3.05, 3.63) is 52.5 Å². The Bertz CT molecular complexity index is 566. The van der Waals surface area contributed by atoms with Gasteiger partial charge in [-0.05, 0) is 31.5 Å². The van der Waals surface area contributed by atoms with Crippen molar-refractivity contribution in [2.24, 2.45) is 0 Å². The average Bonchev–Trinajstić information content (AvgIpc) is 2.85. The molecule has 5 heteroatoms. The highest BCUT2D eigenvalue weighted by Crippen LogP contribution is 2.19. The van der Waals surface area contributed by atoms with Crippen molar-refractivity contribution in [3.63, 3.8) is 0 Å². The van der Waals surface area contributed by atoms with Crippen molar-refractivity contribution < 1.29 is 4.79 Å². The molecule has 2 aromatic rings. The first-order valence-corrected chi connectivity index (χ1v) is 6.89. The number of nitrogens with zero attached hydrogens (tertiary/aromatic N) is 2. The lowest BCUT2D eigenvalue weighted by Crippen LogP contribution is -2.35. The highest BCUT2D eigenvalue weighted by Gasteiger charge is 2.13. The lowest BCUT2D eigenvalue weighted by atomic mass is 10.1. The van der Waals surface area contributed by atoms with E-state index in [0.717, 1.165) is 10.0 Å². The summed E-state index contributed by atoms with van der Waals surface area (Å²) in [5, 5.41) is 2.99. The van der Waals surface area contributed by atoms with Crippen molar-refractivity contribution in [1.29, 1.82) is 0 Å². The molecule has 0 fully saturated rings. The zero-order valence-electron chi connectivity index (χ0n) is 10.9. The lowest BCUT2D eigenvalue weighted by molar-refractivity contribution is 0.0936. The zero-order valence-corrected chi connectivity index (χ0v) is 12.5. The summed E-state index contributed by atoms with van der Waals surface area (Å²) >= 11 is 3.44. The monoisotopic (exact) mass is 321 g/mol. The van der Waals surface area contributed by atoms with Crippen molar-refractivity contribution >= 4 is 21.8 Å². The Hall–Kier alpha value is -1.62. The summed E-state index contributed by atoms with van der Waals surface area (Å²) in [7, 11) is 0. The van der Waals surface area contributed by atoms with Gasteiger partial charge >= 0.3 is 0 Å². The van der Waals surface area contributed by atoms with E-state index in [1.165, 1.54) is 0 Å². The summed E-state index contributed by atoms with van der Waals surface area (Å²) in [6.45, 7) is 4.61. The van der Waals surface area contributed by atoms with Gasteiger partial charge in [-0.2, -0.15) is 0 Å². The minimum absolute atomic E-state index is 0.0417. The quantitative estimate of drug-likeness (QED) is 0.941. The molecule has 0 radical (unpaired) electrons. The van der Waals surface area contributed by atoms with Gasteiger partial charge in [0.2, 0.25) is 0 Å². The molecule has 19 heavy (non-hydrogen) atoms. The van der Waals surface area contributed by atoms with Crippen molar-refractivity contribution in [2.75, 3.05) is 0 Å². The fraction of sp³-hybridized carbons (Fsp3) is 0.286. The molecule has 0 unspecified atom stereocenters. The number of hydrogen-bond acceptors (Lipinski definition) is 2. The van der Waals surface area contributed by atoms with Crippen LogP contribution in [-0.4, -0.2) is 21.5 Å². The molecule has 0 aliphatic carbocycles. The first-order chi connectivity index (χ1) is 9.08. The maximum absolute atomic E-state index is 12.2. The highest BCUT2D eigenvalue weighted by atomic mass is 79.9. The molecule has 0 aliphatic heterocycles. The van der Waals surface area contributed by atoms with Crippen LogP contribution in [0.1, 0.15) is 22.8 Å². The maximum atomic E-state index is 12.2. The van der Waals surface area contributed by atoms with Crippen LogP contribution < -0.4 is 5.32 Å². The summed E-state index contributed by atoms with van der Waals surface area (Å²) < 4.78 is 2.89. The minimum atomic E-state index is -0.0496. The van der Waals surface area contributed by atoms with Crippen LogP contribution in [-0.2, 0) is 6.54 Å². The standard InChI is InChI=1S/C14H16BrN3O/c1-10(8-18-7-6-16-9-18)17-14(19)12-4-3-5-13(15)11(12)2/h3-7,9-10H,8H2,1-2H3,(H,17,19)/t10-/m1/s1. The predicted octanol–water partition coefficient (Wildman–Crippen LogP) is 2.77. The van der Waals surface area contributed by atoms with Gasteiger partial charge < -0.3 is 9.88 Å². The fourth-order valence-electron chi connectivity index (χ4n) is 1.91. The van der Waals surface area contributed by atoms with Gasteiger partial charge in [-0.15, -0.1) is 0 Å². The number of nitrogens with one attached hydrogen (secondary N) is 1. The smallest absolute Gasteiger partial charge is 0.251 e. The van der Waals surface area contributed by atoms with E-state index < -0.39 is 0 Å². The van der Waals surface area contributed by atoms with Gasteiger partial charge in [0.25, 0.3) is 5.91 Å². The van der Waals surface area contributed by atoms with Crippen LogP contribution in [0, 0.1) is 6.92 Å². The lowest BCUT2D eigenvalue weighted by Gasteiger charge is -2.15. The van der Waals surface area contributed by atoms with Gasteiger partial charge in [-0.1, -0.05) is 22.0 Å². The Morgan fingerprint density at radius 1 is 1.53 bits per heavy atom. The van der Waals surface area contributed by atoms with E-state index in [9.17, 15) is 4.79 Å². The number of benzene rings is 1. The first-order valence-electron chi connectivity index (χ1n) is 6.09. The third kappa shape index (κ3) is 3.44. The van der Waals surface area contributed by atoms with E-state index in [2.05, 4.69) is 26.2 Å². The Kier molecular flexibility index (Phi) is 4.37. The van der Waals surface area contributed by atoms with Crippen LogP contribution in [0.2, 0.25) is 0 Å². The summed E-state index contributed by atoms with van der Waals surface area (Å²) in [5.41, 5.74) is 1.65. The van der Waals surface area contributed by atoms with Crippen LogP contribution in [0.25, 0.3) is 0 Å². The molecule has 1 heterocycles. The molecule has 1 amide bonds. The number of aromatic nitrogens is 2. The topological polar surface area (TPSA) is 46.9 Å². The number of rotatable bonds is 4. The molecule has 0 bridgehead atoms. The van der Waals surface area contributed by atoms with Crippen LogP contribution in [0.3, 0.4) is 0 Å². The Morgan fingerprint density at radius 3 is 3.00 bits per heavy atom. The van der Waals surface area contributed by atoms with Gasteiger partial charge in [0.05, 0.1) is 6.33 Å². The van der Waals surface area contributed by atoms with Crippen molar-refractivity contribution in [1.82, 2.24) is 14.9 Å². The largest absolute Gasteiger partial charge is 0.348 e. The van der Waals surface area contributed by atoms with Crippen LogP contribution in [0.15, 0.2) is 41.4 Å². The third-order valence-electron chi connectivity index (χ3n) is 2.93. The second kappa shape index (κ2) is 6.02. The number of carbonyl (C=O) groups is 1. The molecule has 1 aromatic carbocycles. The molecular formula is C14H16BrN3O. The van der Waals surface area contributed by atoms with Crippen LogP contribution in [0.4, 0.5) is 0 Å². The van der Waals surface area contributed by atoms with E-state index in [1.807, 2.05) is 42.8 Å². The van der Waals surface area contributed by atoms with Crippen molar-refractivity contribution in [3.8, 4) is 0 Å². The zero-order chi connectivity index (χ0) is 13.8. The molecule has 1 atom stereocenters. The Balaban J connectivity index is 2.02. The van der Waals surface area contributed by atoms with E-state index in [4.69, 9.17) is 0 Å². The molecule has 4 nitrogen and oxygen atoms in total. The van der Waals surface area contributed by atoms with E-state index in [1.54, 1.807) is 12.5 Å². The summed E-state index contributed by atoms with van der Waals surface area (Å²) in [5.74, 6) is -0.0496. The molecule has 1 N–H and O–H groups in total. The fourth-order valence-corrected chi connectivity index (χ4v) is 2.28. The molecule has 2 rings (SSSR count). The summed E-state index contributed by atoms with van der Waals surface area (Å²) in [4.78, 5) is 16.2. The highest BCUT2D eigenvalue weighted by molar-refractivity contribution is 9.10. The number of amides is 1. The van der Waals surface area contributed by atoms with Gasteiger partial charge in [-0.25, -0.2) is 4.98 Å². The molecule has 1 aromatic heterocycles. The SMILES string of the molecule is Cc1c(Br)cccc1C(=O)N[C@H](C)Cn1ccnc1. The predicted molar refractivity (Wildman–Crippen MR) is 78.0 cm³/mol. The summed E-state index contributed by atoms with van der Waals surface area (Å²) in [6.07, 6.45) is 5.35. The van der Waals surface area contributed by atoms with E-state index >= 15 is 0 Å². The molecule has 0 spiro atoms. The number of halogens is 1. The second-order valence-electron chi connectivity index (χ2n) is 4.55. The molecule has 0 aliphatic rings. The van der Waals surface area contributed by atoms with Gasteiger partial charge in [0.15, 0.2) is 0 Å². The Morgan fingerprint density at radius 2 is 2.32 bits per heavy atom. The molecule has 0 saturated heterocycles. The average molecular weight is 322 g/mol. The molecular weight excluding hydrogens is 306 g/mol. The third-order valence-corrected chi connectivity index (χ3v) is 3.79. The number of imidazole rings is 1. The van der Waals surface area contributed by atoms with Crippen molar-refractivity contribution in [2.45, 2.75) is 26.4 Å². The summed E-state index contributed by atoms with van der Waals surface area (Å²) in [6, 6.07) is 5.67. The normalized spacial score (nSPS) is 12.2. The number of carbonyl (C=O) groups excluding carboxylic acids is 1. The van der Waals surface area contributed by atoms with Crippen LogP contribution >= 0.6 is 15.9 Å². The van der Waals surface area contributed by atoms with E-state index in [0.29, 0.717) is 12.1 Å². The van der Waals surface area contributed by atoms with Gasteiger partial charge in [0.1, 0.15) is 0 Å². The van der Waals surface area contributed by atoms with Crippen LogP contribution in [0.5, 0.6) is 0 Å². The molecule has 100 valence electrons. The van der Waals surface area contributed by atoms with Gasteiger partial charge in [0, 0.05) is 35.0 Å². The number of hydrogen-bond donors (Lipinski definition) is 1. The Labute approximate surface area is 121 Å². The van der Waals surface area contributed by atoms with E-state index in [-0.39, 0.29) is 11.9 Å². The maximum Gasteiger partial charge on any atom is 0.251 e. The van der Waals surface area contributed by atoms with Gasteiger partial charge in [-0.3, -0.25) is 4.79 Å². The minimum Gasteiger partial charge on any atom is -0.348 e. The first kappa shape index (κ1) is 13.8. The second-order valence-corrected chi connectivity index (χ2v) is 5.40.